The van der Waals surface area contributed by atoms with Crippen LogP contribution in [0.3, 0.4) is 0 Å². The zero-order valence-electron chi connectivity index (χ0n) is 17.4. The second-order valence-corrected chi connectivity index (χ2v) is 7.76. The lowest BCUT2D eigenvalue weighted by molar-refractivity contribution is -0.0660. The Kier molecular flexibility index (Phi) is 6.46. The van der Waals surface area contributed by atoms with Crippen LogP contribution in [0, 0.1) is 6.92 Å². The Balaban J connectivity index is 1.57. The summed E-state index contributed by atoms with van der Waals surface area (Å²) in [6.07, 6.45) is 0.408. The van der Waals surface area contributed by atoms with Crippen LogP contribution in [0.2, 0.25) is 0 Å². The molecule has 0 spiro atoms. The Morgan fingerprint density at radius 2 is 1.68 bits per heavy atom. The van der Waals surface area contributed by atoms with E-state index in [9.17, 15) is 14.7 Å². The van der Waals surface area contributed by atoms with Crippen LogP contribution in [0.15, 0.2) is 76.4 Å². The fourth-order valence-corrected chi connectivity index (χ4v) is 3.86. The summed E-state index contributed by atoms with van der Waals surface area (Å²) in [6.45, 7) is 2.04. The van der Waals surface area contributed by atoms with E-state index in [1.165, 1.54) is 15.3 Å². The Morgan fingerprint density at radius 1 is 1.03 bits per heavy atom. The third kappa shape index (κ3) is 4.69. The number of nitrogens with zero attached hydrogens (tertiary/aromatic N) is 2. The molecule has 0 amide bonds. The molecule has 1 aliphatic rings. The SMILES string of the molecule is Cc1cn(C2CC(OCc3ccccc3)C(CO)O2)c(=O)n(Cc2ccccc2)c1=O. The van der Waals surface area contributed by atoms with Crippen molar-refractivity contribution in [3.05, 3.63) is 104 Å². The molecule has 4 rings (SSSR count). The van der Waals surface area contributed by atoms with E-state index in [4.69, 9.17) is 9.47 Å². The molecule has 1 aliphatic heterocycles. The Morgan fingerprint density at radius 3 is 2.32 bits per heavy atom. The molecule has 0 aliphatic carbocycles. The van der Waals surface area contributed by atoms with Crippen molar-refractivity contribution < 1.29 is 14.6 Å². The van der Waals surface area contributed by atoms with Crippen LogP contribution in [0.4, 0.5) is 0 Å². The van der Waals surface area contributed by atoms with Gasteiger partial charge in [0.05, 0.1) is 25.9 Å². The van der Waals surface area contributed by atoms with Gasteiger partial charge in [0, 0.05) is 18.2 Å². The first kappa shape index (κ1) is 21.2. The molecule has 3 atom stereocenters. The molecule has 2 heterocycles. The summed E-state index contributed by atoms with van der Waals surface area (Å²) in [5, 5.41) is 9.77. The highest BCUT2D eigenvalue weighted by atomic mass is 16.6. The summed E-state index contributed by atoms with van der Waals surface area (Å²) >= 11 is 0. The Labute approximate surface area is 180 Å². The molecule has 0 bridgehead atoms. The molecule has 1 saturated heterocycles. The smallest absolute Gasteiger partial charge is 0.333 e. The van der Waals surface area contributed by atoms with Gasteiger partial charge >= 0.3 is 5.69 Å². The second-order valence-electron chi connectivity index (χ2n) is 7.76. The molecule has 1 aromatic heterocycles. The van der Waals surface area contributed by atoms with Crippen molar-refractivity contribution in [2.75, 3.05) is 6.61 Å². The molecule has 162 valence electrons. The zero-order valence-corrected chi connectivity index (χ0v) is 17.4. The highest BCUT2D eigenvalue weighted by Gasteiger charge is 2.37. The molecule has 7 heteroatoms. The van der Waals surface area contributed by atoms with E-state index in [-0.39, 0.29) is 24.8 Å². The fraction of sp³-hybridized carbons (Fsp3) is 0.333. The molecule has 3 unspecified atom stereocenters. The van der Waals surface area contributed by atoms with Gasteiger partial charge in [-0.05, 0) is 18.1 Å². The topological polar surface area (TPSA) is 82.7 Å². The third-order valence-electron chi connectivity index (χ3n) is 5.53. The molecule has 3 aromatic rings. The van der Waals surface area contributed by atoms with Crippen LogP contribution in [-0.4, -0.2) is 33.1 Å². The van der Waals surface area contributed by atoms with Crippen LogP contribution in [0.5, 0.6) is 0 Å². The average molecular weight is 422 g/mol. The number of benzene rings is 2. The van der Waals surface area contributed by atoms with E-state index >= 15 is 0 Å². The molecule has 7 nitrogen and oxygen atoms in total. The van der Waals surface area contributed by atoms with Gasteiger partial charge in [-0.3, -0.25) is 13.9 Å². The van der Waals surface area contributed by atoms with Gasteiger partial charge in [0.1, 0.15) is 12.3 Å². The summed E-state index contributed by atoms with van der Waals surface area (Å²) in [5.41, 5.74) is 1.58. The minimum absolute atomic E-state index is 0.185. The van der Waals surface area contributed by atoms with E-state index < -0.39 is 18.0 Å². The quantitative estimate of drug-likeness (QED) is 0.631. The van der Waals surface area contributed by atoms with Crippen LogP contribution >= 0.6 is 0 Å². The number of hydrogen-bond donors (Lipinski definition) is 1. The molecule has 1 fully saturated rings. The molecule has 0 saturated carbocycles. The molecular weight excluding hydrogens is 396 g/mol. The average Bonchev–Trinajstić information content (AvgIpc) is 3.22. The molecule has 31 heavy (non-hydrogen) atoms. The van der Waals surface area contributed by atoms with Gasteiger partial charge in [-0.15, -0.1) is 0 Å². The number of aliphatic hydroxyl groups is 1. The number of rotatable bonds is 7. The first-order valence-electron chi connectivity index (χ1n) is 10.3. The number of aryl methyl sites for hydroxylation is 1. The van der Waals surface area contributed by atoms with E-state index in [0.29, 0.717) is 18.6 Å². The summed E-state index contributed by atoms with van der Waals surface area (Å²) in [4.78, 5) is 25.8. The van der Waals surface area contributed by atoms with Gasteiger partial charge in [-0.25, -0.2) is 4.79 Å². The number of aromatic nitrogens is 2. The maximum atomic E-state index is 13.2. The molecule has 1 N–H and O–H groups in total. The monoisotopic (exact) mass is 422 g/mol. The first-order valence-corrected chi connectivity index (χ1v) is 10.3. The Hall–Kier alpha value is -3.00. The minimum Gasteiger partial charge on any atom is -0.394 e. The standard InChI is InChI=1S/C24H26N2O5/c1-17-13-25(24(29)26(23(17)28)14-18-8-4-2-5-9-18)22-12-20(21(15-27)31-22)30-16-19-10-6-3-7-11-19/h2-11,13,20-22,27H,12,14-16H2,1H3. The van der Waals surface area contributed by atoms with Gasteiger partial charge in [0.2, 0.25) is 0 Å². The van der Waals surface area contributed by atoms with Crippen molar-refractivity contribution in [2.45, 2.75) is 44.9 Å². The second kappa shape index (κ2) is 9.43. The van der Waals surface area contributed by atoms with Crippen LogP contribution in [0.25, 0.3) is 0 Å². The van der Waals surface area contributed by atoms with Crippen LogP contribution in [0.1, 0.15) is 29.3 Å². The molecule has 2 aromatic carbocycles. The number of aliphatic hydroxyl groups excluding tert-OH is 1. The highest BCUT2D eigenvalue weighted by molar-refractivity contribution is 5.16. The van der Waals surface area contributed by atoms with Crippen molar-refractivity contribution >= 4 is 0 Å². The van der Waals surface area contributed by atoms with Gasteiger partial charge in [-0.1, -0.05) is 60.7 Å². The first-order chi connectivity index (χ1) is 15.1. The van der Waals surface area contributed by atoms with Crippen LogP contribution in [-0.2, 0) is 22.6 Å². The predicted octanol–water partition coefficient (Wildman–Crippen LogP) is 2.23. The normalized spacial score (nSPS) is 20.8. The summed E-state index contributed by atoms with van der Waals surface area (Å²) < 4.78 is 14.6. The van der Waals surface area contributed by atoms with Crippen molar-refractivity contribution in [2.24, 2.45) is 0 Å². The van der Waals surface area contributed by atoms with Gasteiger partial charge in [-0.2, -0.15) is 0 Å². The van der Waals surface area contributed by atoms with Crippen molar-refractivity contribution in [3.63, 3.8) is 0 Å². The zero-order chi connectivity index (χ0) is 21.8. The molecule has 0 radical (unpaired) electrons. The molecular formula is C24H26N2O5. The van der Waals surface area contributed by atoms with Crippen molar-refractivity contribution in [1.29, 1.82) is 0 Å². The highest BCUT2D eigenvalue weighted by Crippen LogP contribution is 2.30. The van der Waals surface area contributed by atoms with Crippen LogP contribution < -0.4 is 11.2 Å². The van der Waals surface area contributed by atoms with E-state index in [1.807, 2.05) is 60.7 Å². The maximum Gasteiger partial charge on any atom is 0.333 e. The lowest BCUT2D eigenvalue weighted by Crippen LogP contribution is -2.42. The Bertz CT molecular complexity index is 1120. The van der Waals surface area contributed by atoms with E-state index in [0.717, 1.165) is 11.1 Å². The predicted molar refractivity (Wildman–Crippen MR) is 116 cm³/mol. The van der Waals surface area contributed by atoms with E-state index in [1.54, 1.807) is 6.92 Å². The van der Waals surface area contributed by atoms with E-state index in [2.05, 4.69) is 0 Å². The number of hydrogen-bond acceptors (Lipinski definition) is 5. The fourth-order valence-electron chi connectivity index (χ4n) is 3.86. The summed E-state index contributed by atoms with van der Waals surface area (Å²) in [6, 6.07) is 19.1. The summed E-state index contributed by atoms with van der Waals surface area (Å²) in [7, 11) is 0. The van der Waals surface area contributed by atoms with Gasteiger partial charge < -0.3 is 14.6 Å². The summed E-state index contributed by atoms with van der Waals surface area (Å²) in [5.74, 6) is 0. The van der Waals surface area contributed by atoms with Crippen molar-refractivity contribution in [1.82, 2.24) is 9.13 Å². The largest absolute Gasteiger partial charge is 0.394 e. The van der Waals surface area contributed by atoms with Gasteiger partial charge in [0.15, 0.2) is 0 Å². The maximum absolute atomic E-state index is 13.2. The lowest BCUT2D eigenvalue weighted by atomic mass is 10.1. The lowest BCUT2D eigenvalue weighted by Gasteiger charge is -2.17. The third-order valence-corrected chi connectivity index (χ3v) is 5.53. The number of ether oxygens (including phenoxy) is 2. The van der Waals surface area contributed by atoms with Gasteiger partial charge in [0.25, 0.3) is 5.56 Å². The van der Waals surface area contributed by atoms with Crippen molar-refractivity contribution in [3.8, 4) is 0 Å². The minimum atomic E-state index is -0.619.